The molecule has 1 rings (SSSR count). The molecule has 0 aliphatic heterocycles. The maximum atomic E-state index is 11.5. The molecule has 0 fully saturated rings. The lowest BCUT2D eigenvalue weighted by Gasteiger charge is -2.05. The zero-order valence-electron chi connectivity index (χ0n) is 8.62. The fraction of sp³-hybridized carbons (Fsp3) is 0.200. The van der Waals surface area contributed by atoms with Gasteiger partial charge in [-0.15, -0.1) is 0 Å². The first-order chi connectivity index (χ1) is 7.54. The van der Waals surface area contributed by atoms with Crippen molar-refractivity contribution in [2.75, 3.05) is 19.4 Å². The number of hydrogen-bond donors (Lipinski definition) is 2. The summed E-state index contributed by atoms with van der Waals surface area (Å²) in [5.41, 5.74) is 6.48. The topological polar surface area (TPSA) is 81.4 Å². The van der Waals surface area contributed by atoms with Gasteiger partial charge in [0.25, 0.3) is 5.91 Å². The van der Waals surface area contributed by atoms with Crippen LogP contribution >= 0.6 is 15.9 Å². The van der Waals surface area contributed by atoms with Crippen LogP contribution in [0.1, 0.15) is 10.4 Å². The fourth-order valence-corrected chi connectivity index (χ4v) is 1.26. The van der Waals surface area contributed by atoms with Crippen molar-refractivity contribution in [1.82, 2.24) is 5.32 Å². The standard InChI is InChI=1S/C10H11BrN2O3/c1-16-9(14)5-13-10(15)6-2-3-7(11)8(12)4-6/h2-4H,5,12H2,1H3,(H,13,15). The highest BCUT2D eigenvalue weighted by Crippen LogP contribution is 2.19. The smallest absolute Gasteiger partial charge is 0.325 e. The molecule has 0 spiro atoms. The number of methoxy groups -OCH3 is 1. The Kier molecular flexibility index (Phi) is 4.30. The predicted octanol–water partition coefficient (Wildman–Crippen LogP) is 0.934. The number of carbonyl (C=O) groups excluding carboxylic acids is 2. The largest absolute Gasteiger partial charge is 0.468 e. The second-order valence-electron chi connectivity index (χ2n) is 3.00. The van der Waals surface area contributed by atoms with E-state index in [0.29, 0.717) is 11.3 Å². The van der Waals surface area contributed by atoms with E-state index >= 15 is 0 Å². The molecule has 1 aromatic carbocycles. The van der Waals surface area contributed by atoms with E-state index < -0.39 is 5.97 Å². The van der Waals surface area contributed by atoms with E-state index in [4.69, 9.17) is 5.73 Å². The predicted molar refractivity (Wildman–Crippen MR) is 62.9 cm³/mol. The van der Waals surface area contributed by atoms with Crippen LogP contribution in [0.5, 0.6) is 0 Å². The van der Waals surface area contributed by atoms with Gasteiger partial charge in [-0.25, -0.2) is 0 Å². The minimum Gasteiger partial charge on any atom is -0.468 e. The van der Waals surface area contributed by atoms with Gasteiger partial charge in [-0.1, -0.05) is 0 Å². The molecule has 0 aliphatic carbocycles. The van der Waals surface area contributed by atoms with Gasteiger partial charge in [-0.05, 0) is 34.1 Å². The number of anilines is 1. The van der Waals surface area contributed by atoms with Gasteiger partial charge in [0.1, 0.15) is 6.54 Å². The Morgan fingerprint density at radius 3 is 2.75 bits per heavy atom. The lowest BCUT2D eigenvalue weighted by Crippen LogP contribution is -2.30. The molecule has 0 unspecified atom stereocenters. The van der Waals surface area contributed by atoms with Gasteiger partial charge < -0.3 is 15.8 Å². The Morgan fingerprint density at radius 1 is 1.50 bits per heavy atom. The number of hydrogen-bond acceptors (Lipinski definition) is 4. The maximum absolute atomic E-state index is 11.5. The van der Waals surface area contributed by atoms with Gasteiger partial charge in [-0.3, -0.25) is 9.59 Å². The summed E-state index contributed by atoms with van der Waals surface area (Å²) in [4.78, 5) is 22.3. The molecule has 0 bridgehead atoms. The van der Waals surface area contributed by atoms with Gasteiger partial charge in [0, 0.05) is 15.7 Å². The number of nitrogens with two attached hydrogens (primary N) is 1. The van der Waals surface area contributed by atoms with Crippen LogP contribution in [0, 0.1) is 0 Å². The molecule has 0 aromatic heterocycles. The molecule has 16 heavy (non-hydrogen) atoms. The van der Waals surface area contributed by atoms with Crippen LogP contribution in [0.4, 0.5) is 5.69 Å². The Balaban J connectivity index is 2.66. The number of esters is 1. The van der Waals surface area contributed by atoms with E-state index in [1.807, 2.05) is 0 Å². The van der Waals surface area contributed by atoms with E-state index in [1.165, 1.54) is 13.2 Å². The number of ether oxygens (including phenoxy) is 1. The third-order valence-electron chi connectivity index (χ3n) is 1.88. The third-order valence-corrected chi connectivity index (χ3v) is 2.60. The first-order valence-electron chi connectivity index (χ1n) is 4.44. The second-order valence-corrected chi connectivity index (χ2v) is 3.85. The molecular formula is C10H11BrN2O3. The van der Waals surface area contributed by atoms with Crippen molar-refractivity contribution in [1.29, 1.82) is 0 Å². The highest BCUT2D eigenvalue weighted by Gasteiger charge is 2.09. The monoisotopic (exact) mass is 286 g/mol. The average molecular weight is 287 g/mol. The van der Waals surface area contributed by atoms with Crippen molar-refractivity contribution in [2.24, 2.45) is 0 Å². The summed E-state index contributed by atoms with van der Waals surface area (Å²) in [7, 11) is 1.26. The van der Waals surface area contributed by atoms with Crippen molar-refractivity contribution in [3.63, 3.8) is 0 Å². The third kappa shape index (κ3) is 3.23. The molecule has 0 saturated heterocycles. The van der Waals surface area contributed by atoms with Gasteiger partial charge in [0.05, 0.1) is 7.11 Å². The van der Waals surface area contributed by atoms with E-state index in [-0.39, 0.29) is 12.5 Å². The summed E-state index contributed by atoms with van der Waals surface area (Å²) in [6.45, 7) is -0.161. The normalized spacial score (nSPS) is 9.62. The number of carbonyl (C=O) groups is 2. The number of amides is 1. The number of rotatable bonds is 3. The van der Waals surface area contributed by atoms with Crippen LogP contribution < -0.4 is 11.1 Å². The zero-order chi connectivity index (χ0) is 12.1. The molecule has 6 heteroatoms. The molecule has 5 nitrogen and oxygen atoms in total. The molecule has 1 aromatic rings. The van der Waals surface area contributed by atoms with Crippen LogP contribution in [-0.4, -0.2) is 25.5 Å². The Bertz CT molecular complexity index is 421. The quantitative estimate of drug-likeness (QED) is 0.640. The van der Waals surface area contributed by atoms with Gasteiger partial charge in [0.15, 0.2) is 0 Å². The zero-order valence-corrected chi connectivity index (χ0v) is 10.2. The molecular weight excluding hydrogens is 276 g/mol. The molecule has 0 heterocycles. The average Bonchev–Trinajstić information content (AvgIpc) is 2.29. The van der Waals surface area contributed by atoms with E-state index in [1.54, 1.807) is 12.1 Å². The van der Waals surface area contributed by atoms with Gasteiger partial charge >= 0.3 is 5.97 Å². The van der Waals surface area contributed by atoms with Gasteiger partial charge in [0.2, 0.25) is 0 Å². The summed E-state index contributed by atoms with van der Waals surface area (Å²) < 4.78 is 5.11. The summed E-state index contributed by atoms with van der Waals surface area (Å²) in [5.74, 6) is -0.872. The number of halogens is 1. The van der Waals surface area contributed by atoms with E-state index in [9.17, 15) is 9.59 Å². The molecule has 3 N–H and O–H groups in total. The SMILES string of the molecule is COC(=O)CNC(=O)c1ccc(Br)c(N)c1. The first-order valence-corrected chi connectivity index (χ1v) is 5.24. The van der Waals surface area contributed by atoms with Crippen molar-refractivity contribution in [3.8, 4) is 0 Å². The Hall–Kier alpha value is -1.56. The molecule has 1 amide bonds. The number of nitrogens with one attached hydrogen (secondary N) is 1. The number of benzene rings is 1. The lowest BCUT2D eigenvalue weighted by molar-refractivity contribution is -0.139. The lowest BCUT2D eigenvalue weighted by atomic mass is 10.2. The van der Waals surface area contributed by atoms with Crippen molar-refractivity contribution in [3.05, 3.63) is 28.2 Å². The van der Waals surface area contributed by atoms with Crippen LogP contribution in [0.3, 0.4) is 0 Å². The highest BCUT2D eigenvalue weighted by atomic mass is 79.9. The van der Waals surface area contributed by atoms with Crippen LogP contribution in [0.15, 0.2) is 22.7 Å². The summed E-state index contributed by atoms with van der Waals surface area (Å²) >= 11 is 3.22. The minimum atomic E-state index is -0.501. The molecule has 86 valence electrons. The highest BCUT2D eigenvalue weighted by molar-refractivity contribution is 9.10. The van der Waals surface area contributed by atoms with Crippen molar-refractivity contribution in [2.45, 2.75) is 0 Å². The van der Waals surface area contributed by atoms with E-state index in [2.05, 4.69) is 26.0 Å². The number of nitrogen functional groups attached to an aromatic ring is 1. The van der Waals surface area contributed by atoms with Crippen LogP contribution in [-0.2, 0) is 9.53 Å². The maximum Gasteiger partial charge on any atom is 0.325 e. The summed E-state index contributed by atoms with van der Waals surface area (Å²) in [6.07, 6.45) is 0. The minimum absolute atomic E-state index is 0.161. The van der Waals surface area contributed by atoms with Crippen molar-refractivity contribution >= 4 is 33.5 Å². The summed E-state index contributed by atoms with van der Waals surface area (Å²) in [6, 6.07) is 4.80. The van der Waals surface area contributed by atoms with Crippen molar-refractivity contribution < 1.29 is 14.3 Å². The van der Waals surface area contributed by atoms with E-state index in [0.717, 1.165) is 4.47 Å². The van der Waals surface area contributed by atoms with Crippen LogP contribution in [0.2, 0.25) is 0 Å². The first kappa shape index (κ1) is 12.5. The molecule has 0 aliphatic rings. The Labute approximate surface area is 101 Å². The fourth-order valence-electron chi connectivity index (χ4n) is 1.01. The summed E-state index contributed by atoms with van der Waals surface area (Å²) in [5, 5.41) is 2.41. The molecule has 0 radical (unpaired) electrons. The van der Waals surface area contributed by atoms with Gasteiger partial charge in [-0.2, -0.15) is 0 Å². The Morgan fingerprint density at radius 2 is 2.19 bits per heavy atom. The molecule has 0 atom stereocenters. The second kappa shape index (κ2) is 5.50. The van der Waals surface area contributed by atoms with Crippen LogP contribution in [0.25, 0.3) is 0 Å². The molecule has 0 saturated carbocycles.